The fourth-order valence-electron chi connectivity index (χ4n) is 5.94. The smallest absolute Gasteiger partial charge is 0.308 e. The van der Waals surface area contributed by atoms with Gasteiger partial charge >= 0.3 is 5.97 Å². The van der Waals surface area contributed by atoms with E-state index in [0.717, 1.165) is 68.4 Å². The number of fused-ring (bicyclic) bond motifs is 1. The minimum Gasteiger partial charge on any atom is -0.493 e. The number of rotatable bonds is 12. The van der Waals surface area contributed by atoms with Crippen molar-refractivity contribution >= 4 is 11.9 Å². The molecule has 200 valence electrons. The Labute approximate surface area is 214 Å². The van der Waals surface area contributed by atoms with Crippen molar-refractivity contribution < 1.29 is 29.0 Å². The summed E-state index contributed by atoms with van der Waals surface area (Å²) in [6.07, 6.45) is 7.42. The molecule has 2 fully saturated rings. The van der Waals surface area contributed by atoms with Gasteiger partial charge in [0.1, 0.15) is 5.75 Å². The van der Waals surface area contributed by atoms with Crippen LogP contribution < -0.4 is 4.74 Å². The zero-order valence-corrected chi connectivity index (χ0v) is 21.8. The minimum absolute atomic E-state index is 0.101. The van der Waals surface area contributed by atoms with Gasteiger partial charge < -0.3 is 14.6 Å². The Kier molecular flexibility index (Phi) is 9.62. The summed E-state index contributed by atoms with van der Waals surface area (Å²) in [4.78, 5) is 33.8. The highest BCUT2D eigenvalue weighted by atomic mass is 16.7. The predicted molar refractivity (Wildman–Crippen MR) is 136 cm³/mol. The molecule has 8 heteroatoms. The van der Waals surface area contributed by atoms with Gasteiger partial charge in [0.05, 0.1) is 31.8 Å². The molecule has 0 aromatic heterocycles. The monoisotopic (exact) mass is 502 g/mol. The van der Waals surface area contributed by atoms with Gasteiger partial charge in [-0.1, -0.05) is 26.0 Å². The van der Waals surface area contributed by atoms with Crippen LogP contribution in [-0.2, 0) is 25.6 Å². The number of ether oxygens (including phenoxy) is 2. The molecule has 2 saturated heterocycles. The molecule has 0 saturated carbocycles. The van der Waals surface area contributed by atoms with Crippen LogP contribution in [0, 0.1) is 5.92 Å². The first-order valence-corrected chi connectivity index (χ1v) is 13.8. The summed E-state index contributed by atoms with van der Waals surface area (Å²) in [5.41, 5.74) is 2.16. The Balaban J connectivity index is 1.56. The summed E-state index contributed by atoms with van der Waals surface area (Å²) < 4.78 is 11.6. The van der Waals surface area contributed by atoms with E-state index in [2.05, 4.69) is 11.0 Å². The number of nitrogens with zero attached hydrogens (tertiary/aromatic N) is 2. The van der Waals surface area contributed by atoms with E-state index < -0.39 is 11.9 Å². The number of carboxylic acid groups (broad SMARTS) is 1. The van der Waals surface area contributed by atoms with Crippen molar-refractivity contribution in [3.8, 4) is 5.75 Å². The molecule has 3 aliphatic rings. The Morgan fingerprint density at radius 2 is 2.03 bits per heavy atom. The third-order valence-corrected chi connectivity index (χ3v) is 7.73. The van der Waals surface area contributed by atoms with Crippen LogP contribution >= 0.6 is 0 Å². The Hall–Kier alpha value is -2.16. The van der Waals surface area contributed by atoms with Gasteiger partial charge in [-0.15, -0.1) is 0 Å². The van der Waals surface area contributed by atoms with E-state index in [-0.39, 0.29) is 30.5 Å². The molecule has 8 nitrogen and oxygen atoms in total. The summed E-state index contributed by atoms with van der Waals surface area (Å²) in [7, 11) is 0. The number of carboxylic acids is 1. The lowest BCUT2D eigenvalue weighted by molar-refractivity contribution is -0.188. The number of benzene rings is 1. The molecule has 0 spiro atoms. The molecule has 1 N–H and O–H groups in total. The SMILES string of the molecule is CCCON(CCC)C(=O)CN1CC(c2ccc3c(c2)CCO3)C(C(=O)O)C1CCC1CCCCO1. The van der Waals surface area contributed by atoms with Crippen LogP contribution in [0.2, 0.25) is 0 Å². The van der Waals surface area contributed by atoms with Crippen molar-refractivity contribution in [2.75, 3.05) is 39.5 Å². The first-order valence-electron chi connectivity index (χ1n) is 13.8. The molecule has 3 aliphatic heterocycles. The van der Waals surface area contributed by atoms with Gasteiger partial charge in [0.15, 0.2) is 0 Å². The molecular weight excluding hydrogens is 460 g/mol. The van der Waals surface area contributed by atoms with Gasteiger partial charge in [-0.2, -0.15) is 0 Å². The summed E-state index contributed by atoms with van der Waals surface area (Å²) in [6, 6.07) is 5.85. The average molecular weight is 503 g/mol. The summed E-state index contributed by atoms with van der Waals surface area (Å²) >= 11 is 0. The second kappa shape index (κ2) is 12.9. The molecule has 0 radical (unpaired) electrons. The summed E-state index contributed by atoms with van der Waals surface area (Å²) in [5, 5.41) is 11.9. The van der Waals surface area contributed by atoms with Gasteiger partial charge in [-0.3, -0.25) is 19.3 Å². The maximum Gasteiger partial charge on any atom is 0.308 e. The Bertz CT molecular complexity index is 887. The van der Waals surface area contributed by atoms with Crippen LogP contribution in [0.3, 0.4) is 0 Å². The quantitative estimate of drug-likeness (QED) is 0.432. The fraction of sp³-hybridized carbons (Fsp3) is 0.714. The molecule has 4 atom stereocenters. The molecule has 0 bridgehead atoms. The van der Waals surface area contributed by atoms with E-state index in [1.165, 1.54) is 5.06 Å². The molecule has 1 aromatic carbocycles. The molecule has 1 amide bonds. The van der Waals surface area contributed by atoms with E-state index in [1.54, 1.807) is 0 Å². The van der Waals surface area contributed by atoms with E-state index in [1.807, 2.05) is 26.0 Å². The fourth-order valence-corrected chi connectivity index (χ4v) is 5.94. The number of amides is 1. The zero-order valence-electron chi connectivity index (χ0n) is 21.8. The number of hydrogen-bond donors (Lipinski definition) is 1. The van der Waals surface area contributed by atoms with Gasteiger partial charge in [-0.05, 0) is 62.1 Å². The predicted octanol–water partition coefficient (Wildman–Crippen LogP) is 4.02. The van der Waals surface area contributed by atoms with Crippen molar-refractivity contribution in [3.63, 3.8) is 0 Å². The third-order valence-electron chi connectivity index (χ3n) is 7.73. The Morgan fingerprint density at radius 1 is 1.17 bits per heavy atom. The van der Waals surface area contributed by atoms with E-state index in [0.29, 0.717) is 32.7 Å². The van der Waals surface area contributed by atoms with Gasteiger partial charge in [0.25, 0.3) is 5.91 Å². The van der Waals surface area contributed by atoms with Crippen LogP contribution in [-0.4, -0.2) is 78.5 Å². The molecule has 1 aromatic rings. The van der Waals surface area contributed by atoms with Crippen LogP contribution in [0.4, 0.5) is 0 Å². The highest BCUT2D eigenvalue weighted by Crippen LogP contribution is 2.41. The number of hydroxylamine groups is 2. The number of carbonyl (C=O) groups excluding carboxylic acids is 1. The standard InChI is InChI=1S/C28H42N2O6/c1-3-13-30(36-14-4-2)26(31)19-29-18-23(20-8-11-25-21(17-20)12-16-35-25)27(28(32)33)24(29)10-9-22-7-5-6-15-34-22/h8,11,17,22-24,27H,3-7,9-10,12-16,18-19H2,1-2H3,(H,32,33). The lowest BCUT2D eigenvalue weighted by Gasteiger charge is -2.31. The van der Waals surface area contributed by atoms with Crippen LogP contribution in [0.25, 0.3) is 0 Å². The van der Waals surface area contributed by atoms with Crippen molar-refractivity contribution in [1.82, 2.24) is 9.96 Å². The van der Waals surface area contributed by atoms with E-state index >= 15 is 0 Å². The van der Waals surface area contributed by atoms with Gasteiger partial charge in [0.2, 0.25) is 0 Å². The second-order valence-electron chi connectivity index (χ2n) is 10.3. The molecule has 4 rings (SSSR count). The maximum atomic E-state index is 13.3. The lowest BCUT2D eigenvalue weighted by atomic mass is 9.82. The van der Waals surface area contributed by atoms with Crippen LogP contribution in [0.5, 0.6) is 5.75 Å². The van der Waals surface area contributed by atoms with Crippen molar-refractivity contribution in [3.05, 3.63) is 29.3 Å². The molecule has 0 aliphatic carbocycles. The lowest BCUT2D eigenvalue weighted by Crippen LogP contribution is -2.44. The third kappa shape index (κ3) is 6.39. The van der Waals surface area contributed by atoms with Gasteiger partial charge in [-0.25, -0.2) is 5.06 Å². The minimum atomic E-state index is -0.797. The van der Waals surface area contributed by atoms with Crippen molar-refractivity contribution in [2.45, 2.75) is 83.3 Å². The Morgan fingerprint density at radius 3 is 2.75 bits per heavy atom. The molecule has 3 heterocycles. The molecular formula is C28H42N2O6. The molecule has 36 heavy (non-hydrogen) atoms. The first-order chi connectivity index (χ1) is 17.5. The number of carbonyl (C=O) groups is 2. The normalized spacial score (nSPS) is 25.9. The van der Waals surface area contributed by atoms with Crippen molar-refractivity contribution in [2.24, 2.45) is 5.92 Å². The van der Waals surface area contributed by atoms with Gasteiger partial charge in [0, 0.05) is 38.1 Å². The number of hydrogen-bond acceptors (Lipinski definition) is 6. The number of likely N-dealkylation sites (tertiary alicyclic amines) is 1. The van der Waals surface area contributed by atoms with E-state index in [9.17, 15) is 14.7 Å². The van der Waals surface area contributed by atoms with E-state index in [4.69, 9.17) is 14.3 Å². The average Bonchev–Trinajstić information content (AvgIpc) is 3.50. The zero-order chi connectivity index (χ0) is 25.5. The summed E-state index contributed by atoms with van der Waals surface area (Å²) in [5.74, 6) is -0.775. The topological polar surface area (TPSA) is 88.5 Å². The van der Waals surface area contributed by atoms with Crippen molar-refractivity contribution in [1.29, 1.82) is 0 Å². The maximum absolute atomic E-state index is 13.3. The highest BCUT2D eigenvalue weighted by molar-refractivity contribution is 5.78. The molecule has 4 unspecified atom stereocenters. The summed E-state index contributed by atoms with van der Waals surface area (Å²) in [6.45, 7) is 7.20. The highest BCUT2D eigenvalue weighted by Gasteiger charge is 2.47. The van der Waals surface area contributed by atoms with Crippen LogP contribution in [0.15, 0.2) is 18.2 Å². The van der Waals surface area contributed by atoms with Crippen LogP contribution in [0.1, 0.15) is 75.8 Å². The largest absolute Gasteiger partial charge is 0.493 e. The first kappa shape index (κ1) is 26.9. The second-order valence-corrected chi connectivity index (χ2v) is 10.3. The number of aliphatic carboxylic acids is 1.